The van der Waals surface area contributed by atoms with Gasteiger partial charge in [-0.05, 0) is 62.2 Å². The van der Waals surface area contributed by atoms with Crippen molar-refractivity contribution in [2.45, 2.75) is 117 Å². The monoisotopic (exact) mass is 338 g/mol. The summed E-state index contributed by atoms with van der Waals surface area (Å²) in [7, 11) is 0. The first-order valence-corrected chi connectivity index (χ1v) is 10.9. The molecule has 0 heterocycles. The maximum absolute atomic E-state index is 6.11. The summed E-state index contributed by atoms with van der Waals surface area (Å²) in [4.78, 5) is 0. The van der Waals surface area contributed by atoms with Crippen molar-refractivity contribution in [3.63, 3.8) is 0 Å². The highest BCUT2D eigenvalue weighted by Gasteiger charge is 2.27. The standard InChI is InChI=1S/C22H46N2/c1-17(2)21(19-13-15-20(23)16-14-19)11-9-7-5-6-8-10-12-22(24)18(3)4/h17-22H,5-16,23-24H2,1-4H3. The molecule has 0 amide bonds. The highest BCUT2D eigenvalue weighted by atomic mass is 14.6. The molecule has 1 saturated carbocycles. The normalized spacial score (nSPS) is 24.5. The Morgan fingerprint density at radius 1 is 0.708 bits per heavy atom. The van der Waals surface area contributed by atoms with E-state index in [0.717, 1.165) is 17.8 Å². The molecule has 2 atom stereocenters. The van der Waals surface area contributed by atoms with Crippen molar-refractivity contribution in [3.8, 4) is 0 Å². The second-order valence-electron chi connectivity index (χ2n) is 9.19. The van der Waals surface area contributed by atoms with Gasteiger partial charge >= 0.3 is 0 Å². The van der Waals surface area contributed by atoms with Crippen LogP contribution in [0.2, 0.25) is 0 Å². The van der Waals surface area contributed by atoms with Crippen LogP contribution in [0.1, 0.15) is 105 Å². The molecule has 0 bridgehead atoms. The van der Waals surface area contributed by atoms with Gasteiger partial charge < -0.3 is 11.5 Å². The lowest BCUT2D eigenvalue weighted by atomic mass is 9.72. The molecule has 2 nitrogen and oxygen atoms in total. The van der Waals surface area contributed by atoms with E-state index in [2.05, 4.69) is 27.7 Å². The predicted octanol–water partition coefficient (Wildman–Crippen LogP) is 5.88. The molecule has 0 saturated heterocycles. The molecule has 0 aromatic heterocycles. The van der Waals surface area contributed by atoms with E-state index in [1.165, 1.54) is 77.0 Å². The lowest BCUT2D eigenvalue weighted by molar-refractivity contribution is 0.172. The van der Waals surface area contributed by atoms with Gasteiger partial charge in [0.25, 0.3) is 0 Å². The van der Waals surface area contributed by atoms with E-state index >= 15 is 0 Å². The van der Waals surface area contributed by atoms with Crippen LogP contribution in [0.4, 0.5) is 0 Å². The summed E-state index contributed by atoms with van der Waals surface area (Å²) in [5.41, 5.74) is 12.2. The number of hydrogen-bond acceptors (Lipinski definition) is 2. The van der Waals surface area contributed by atoms with Gasteiger partial charge in [-0.15, -0.1) is 0 Å². The molecular formula is C22H46N2. The summed E-state index contributed by atoms with van der Waals surface area (Å²) >= 11 is 0. The van der Waals surface area contributed by atoms with Gasteiger partial charge in [0.2, 0.25) is 0 Å². The van der Waals surface area contributed by atoms with Crippen LogP contribution in [0, 0.1) is 23.7 Å². The van der Waals surface area contributed by atoms with Gasteiger partial charge in [0, 0.05) is 12.1 Å². The third-order valence-corrected chi connectivity index (χ3v) is 6.46. The lowest BCUT2D eigenvalue weighted by Crippen LogP contribution is -2.31. The first-order chi connectivity index (χ1) is 11.4. The van der Waals surface area contributed by atoms with E-state index in [-0.39, 0.29) is 0 Å². The molecule has 4 N–H and O–H groups in total. The Bertz CT molecular complexity index is 292. The van der Waals surface area contributed by atoms with Crippen molar-refractivity contribution < 1.29 is 0 Å². The third kappa shape index (κ3) is 8.85. The molecule has 1 fully saturated rings. The van der Waals surface area contributed by atoms with Crippen molar-refractivity contribution in [1.29, 1.82) is 0 Å². The summed E-state index contributed by atoms with van der Waals surface area (Å²) in [5, 5.41) is 0. The number of rotatable bonds is 12. The molecular weight excluding hydrogens is 292 g/mol. The van der Waals surface area contributed by atoms with Crippen molar-refractivity contribution >= 4 is 0 Å². The molecule has 1 rings (SSSR count). The van der Waals surface area contributed by atoms with Crippen LogP contribution in [0.5, 0.6) is 0 Å². The SMILES string of the molecule is CC(C)C(N)CCCCCCCCC(C(C)C)C1CCC(N)CC1. The fourth-order valence-corrected chi connectivity index (χ4v) is 4.49. The van der Waals surface area contributed by atoms with Crippen LogP contribution >= 0.6 is 0 Å². The van der Waals surface area contributed by atoms with Gasteiger partial charge in [-0.2, -0.15) is 0 Å². The van der Waals surface area contributed by atoms with Gasteiger partial charge in [0.1, 0.15) is 0 Å². The van der Waals surface area contributed by atoms with Crippen molar-refractivity contribution in [2.75, 3.05) is 0 Å². The summed E-state index contributed by atoms with van der Waals surface area (Å²) in [6.45, 7) is 9.32. The van der Waals surface area contributed by atoms with Crippen LogP contribution in [-0.2, 0) is 0 Å². The van der Waals surface area contributed by atoms with E-state index in [4.69, 9.17) is 11.5 Å². The fraction of sp³-hybridized carbons (Fsp3) is 1.00. The van der Waals surface area contributed by atoms with Gasteiger partial charge in [0.15, 0.2) is 0 Å². The molecule has 2 unspecified atom stereocenters. The largest absolute Gasteiger partial charge is 0.328 e. The minimum Gasteiger partial charge on any atom is -0.328 e. The Balaban J connectivity index is 2.07. The second-order valence-corrected chi connectivity index (χ2v) is 9.19. The molecule has 1 aliphatic rings. The zero-order valence-electron chi connectivity index (χ0n) is 17.1. The molecule has 0 aromatic carbocycles. The molecule has 0 aliphatic heterocycles. The zero-order chi connectivity index (χ0) is 17.9. The van der Waals surface area contributed by atoms with Gasteiger partial charge in [-0.3, -0.25) is 0 Å². The number of nitrogens with two attached hydrogens (primary N) is 2. The Hall–Kier alpha value is -0.0800. The smallest absolute Gasteiger partial charge is 0.00618 e. The average Bonchev–Trinajstić information content (AvgIpc) is 2.54. The summed E-state index contributed by atoms with van der Waals surface area (Å²) in [6, 6.07) is 0.887. The third-order valence-electron chi connectivity index (χ3n) is 6.46. The quantitative estimate of drug-likeness (QED) is 0.436. The van der Waals surface area contributed by atoms with Crippen molar-refractivity contribution in [3.05, 3.63) is 0 Å². The van der Waals surface area contributed by atoms with E-state index in [0.29, 0.717) is 18.0 Å². The van der Waals surface area contributed by atoms with E-state index in [9.17, 15) is 0 Å². The summed E-state index contributed by atoms with van der Waals surface area (Å²) in [5.74, 6) is 3.35. The van der Waals surface area contributed by atoms with Crippen LogP contribution < -0.4 is 11.5 Å². The Morgan fingerprint density at radius 2 is 1.21 bits per heavy atom. The minimum absolute atomic E-state index is 0.403. The zero-order valence-corrected chi connectivity index (χ0v) is 17.1. The molecule has 144 valence electrons. The first-order valence-electron chi connectivity index (χ1n) is 10.9. The highest BCUT2D eigenvalue weighted by molar-refractivity contribution is 4.80. The highest BCUT2D eigenvalue weighted by Crippen LogP contribution is 2.36. The van der Waals surface area contributed by atoms with Crippen LogP contribution in [0.15, 0.2) is 0 Å². The van der Waals surface area contributed by atoms with E-state index in [1.807, 2.05) is 0 Å². The molecule has 24 heavy (non-hydrogen) atoms. The topological polar surface area (TPSA) is 52.0 Å². The van der Waals surface area contributed by atoms with Crippen LogP contribution in [0.3, 0.4) is 0 Å². The minimum atomic E-state index is 0.403. The molecule has 1 aliphatic carbocycles. The maximum atomic E-state index is 6.11. The summed E-state index contributed by atoms with van der Waals surface area (Å²) in [6.07, 6.45) is 16.3. The second kappa shape index (κ2) is 12.3. The van der Waals surface area contributed by atoms with Gasteiger partial charge in [0.05, 0.1) is 0 Å². The average molecular weight is 339 g/mol. The van der Waals surface area contributed by atoms with Crippen LogP contribution in [-0.4, -0.2) is 12.1 Å². The Morgan fingerprint density at radius 3 is 1.71 bits per heavy atom. The molecule has 0 spiro atoms. The fourth-order valence-electron chi connectivity index (χ4n) is 4.49. The number of hydrogen-bond donors (Lipinski definition) is 2. The first kappa shape index (κ1) is 22.0. The summed E-state index contributed by atoms with van der Waals surface area (Å²) < 4.78 is 0. The van der Waals surface area contributed by atoms with E-state index < -0.39 is 0 Å². The maximum Gasteiger partial charge on any atom is 0.00618 e. The number of unbranched alkanes of at least 4 members (excludes halogenated alkanes) is 5. The van der Waals surface area contributed by atoms with Gasteiger partial charge in [-0.1, -0.05) is 66.2 Å². The van der Waals surface area contributed by atoms with Crippen molar-refractivity contribution in [2.24, 2.45) is 35.1 Å². The molecule has 0 aromatic rings. The van der Waals surface area contributed by atoms with Crippen molar-refractivity contribution in [1.82, 2.24) is 0 Å². The Labute approximate surface area is 152 Å². The van der Waals surface area contributed by atoms with Gasteiger partial charge in [-0.25, -0.2) is 0 Å². The van der Waals surface area contributed by atoms with Crippen LogP contribution in [0.25, 0.3) is 0 Å². The van der Waals surface area contributed by atoms with E-state index in [1.54, 1.807) is 0 Å². The molecule has 0 radical (unpaired) electrons. The predicted molar refractivity (Wildman–Crippen MR) is 108 cm³/mol. The Kier molecular flexibility index (Phi) is 11.3. The molecule has 2 heteroatoms. The lowest BCUT2D eigenvalue weighted by Gasteiger charge is -2.35.